The molecule has 2 aromatic carbocycles. The lowest BCUT2D eigenvalue weighted by molar-refractivity contribution is -0.117. The van der Waals surface area contributed by atoms with E-state index in [-0.39, 0.29) is 18.7 Å². The van der Waals surface area contributed by atoms with Gasteiger partial charge < -0.3 is 14.5 Å². The van der Waals surface area contributed by atoms with Gasteiger partial charge in [0.1, 0.15) is 29.8 Å². The Kier molecular flexibility index (Phi) is 6.96. The van der Waals surface area contributed by atoms with E-state index < -0.39 is 5.91 Å². The second-order valence-corrected chi connectivity index (χ2v) is 6.84. The molecule has 0 aliphatic carbocycles. The first-order valence-corrected chi connectivity index (χ1v) is 9.40. The highest BCUT2D eigenvalue weighted by Crippen LogP contribution is 2.27. The molecule has 0 atom stereocenters. The molecule has 29 heavy (non-hydrogen) atoms. The lowest BCUT2D eigenvalue weighted by Gasteiger charge is -2.11. The van der Waals surface area contributed by atoms with E-state index in [1.54, 1.807) is 36.4 Å². The van der Waals surface area contributed by atoms with Crippen molar-refractivity contribution in [1.29, 1.82) is 5.26 Å². The van der Waals surface area contributed by atoms with Crippen molar-refractivity contribution in [3.05, 3.63) is 93.4 Å². The summed E-state index contributed by atoms with van der Waals surface area (Å²) in [5.74, 6) is 0.531. The van der Waals surface area contributed by atoms with Crippen molar-refractivity contribution in [3.63, 3.8) is 0 Å². The van der Waals surface area contributed by atoms with Gasteiger partial charge >= 0.3 is 0 Å². The van der Waals surface area contributed by atoms with Gasteiger partial charge in [-0.3, -0.25) is 4.79 Å². The average molecular weight is 427 g/mol. The maximum atomic E-state index is 12.4. The largest absolute Gasteiger partial charge is 0.488 e. The minimum absolute atomic E-state index is 0.0820. The van der Waals surface area contributed by atoms with E-state index in [0.29, 0.717) is 27.1 Å². The van der Waals surface area contributed by atoms with Crippen molar-refractivity contribution in [2.75, 3.05) is 0 Å². The minimum atomic E-state index is -0.527. The number of ether oxygens (including phenoxy) is 1. The first-order chi connectivity index (χ1) is 14.1. The normalized spacial score (nSPS) is 11.0. The van der Waals surface area contributed by atoms with Crippen molar-refractivity contribution in [2.45, 2.75) is 13.2 Å². The standard InChI is InChI=1S/C22H16Cl2N2O3/c23-18-7-8-21(29-14-15-4-1-2-6-20(15)24)16(11-18)10-17(12-25)22(27)26-13-19-5-3-9-28-19/h1-11H,13-14H2,(H,26,27)/b17-10+. The topological polar surface area (TPSA) is 75.3 Å². The van der Waals surface area contributed by atoms with Crippen LogP contribution in [-0.4, -0.2) is 5.91 Å². The molecule has 0 unspecified atom stereocenters. The Morgan fingerprint density at radius 1 is 1.17 bits per heavy atom. The molecule has 1 heterocycles. The van der Waals surface area contributed by atoms with Crippen molar-refractivity contribution in [3.8, 4) is 11.8 Å². The van der Waals surface area contributed by atoms with Gasteiger partial charge in [-0.1, -0.05) is 41.4 Å². The molecule has 3 rings (SSSR count). The van der Waals surface area contributed by atoms with Crippen LogP contribution in [0.2, 0.25) is 10.0 Å². The van der Waals surface area contributed by atoms with Gasteiger partial charge in [-0.05, 0) is 42.5 Å². The third kappa shape index (κ3) is 5.64. The highest BCUT2D eigenvalue weighted by molar-refractivity contribution is 6.31. The molecule has 0 aliphatic heterocycles. The molecule has 3 aromatic rings. The van der Waals surface area contributed by atoms with Gasteiger partial charge in [-0.25, -0.2) is 0 Å². The molecule has 1 amide bonds. The maximum absolute atomic E-state index is 12.4. The van der Waals surface area contributed by atoms with Crippen LogP contribution in [0, 0.1) is 11.3 Å². The average Bonchev–Trinajstić information content (AvgIpc) is 3.24. The van der Waals surface area contributed by atoms with Crippen LogP contribution in [0.4, 0.5) is 0 Å². The number of furan rings is 1. The number of nitrogens with one attached hydrogen (secondary N) is 1. The molecule has 0 saturated heterocycles. The second-order valence-electron chi connectivity index (χ2n) is 5.99. The molecule has 0 radical (unpaired) electrons. The van der Waals surface area contributed by atoms with Crippen LogP contribution in [0.1, 0.15) is 16.9 Å². The van der Waals surface area contributed by atoms with Crippen LogP contribution in [0.15, 0.2) is 70.9 Å². The van der Waals surface area contributed by atoms with Crippen LogP contribution in [0.5, 0.6) is 5.75 Å². The zero-order valence-electron chi connectivity index (χ0n) is 15.2. The molecule has 1 N–H and O–H groups in total. The number of nitriles is 1. The molecule has 1 aromatic heterocycles. The quantitative estimate of drug-likeness (QED) is 0.405. The highest BCUT2D eigenvalue weighted by Gasteiger charge is 2.12. The van der Waals surface area contributed by atoms with Crippen molar-refractivity contribution in [1.82, 2.24) is 5.32 Å². The molecule has 0 spiro atoms. The van der Waals surface area contributed by atoms with E-state index in [4.69, 9.17) is 32.4 Å². The lowest BCUT2D eigenvalue weighted by Crippen LogP contribution is -2.23. The zero-order valence-corrected chi connectivity index (χ0v) is 16.7. The third-order valence-corrected chi connectivity index (χ3v) is 4.58. The first kappa shape index (κ1) is 20.5. The SMILES string of the molecule is N#C/C(=C\c1cc(Cl)ccc1OCc1ccccc1Cl)C(=O)NCc1ccco1. The van der Waals surface area contributed by atoms with E-state index in [2.05, 4.69) is 5.32 Å². The van der Waals surface area contributed by atoms with E-state index >= 15 is 0 Å². The molecule has 0 fully saturated rings. The van der Waals surface area contributed by atoms with Crippen LogP contribution in [-0.2, 0) is 17.9 Å². The number of benzene rings is 2. The highest BCUT2D eigenvalue weighted by atomic mass is 35.5. The fraction of sp³-hybridized carbons (Fsp3) is 0.0909. The summed E-state index contributed by atoms with van der Waals surface area (Å²) in [6, 6.07) is 17.7. The Balaban J connectivity index is 1.78. The molecule has 7 heteroatoms. The number of amides is 1. The van der Waals surface area contributed by atoms with Gasteiger partial charge in [0, 0.05) is 21.2 Å². The van der Waals surface area contributed by atoms with E-state index in [1.807, 2.05) is 24.3 Å². The van der Waals surface area contributed by atoms with Crippen LogP contribution in [0.3, 0.4) is 0 Å². The van der Waals surface area contributed by atoms with E-state index in [0.717, 1.165) is 5.56 Å². The number of carbonyl (C=O) groups is 1. The Bertz CT molecular complexity index is 1070. The Labute approximate surface area is 178 Å². The van der Waals surface area contributed by atoms with Crippen LogP contribution >= 0.6 is 23.2 Å². The Hall–Kier alpha value is -3.20. The van der Waals surface area contributed by atoms with Crippen molar-refractivity contribution < 1.29 is 13.9 Å². The molecule has 0 bridgehead atoms. The summed E-state index contributed by atoms with van der Waals surface area (Å²) in [4.78, 5) is 12.4. The lowest BCUT2D eigenvalue weighted by atomic mass is 10.1. The van der Waals surface area contributed by atoms with E-state index in [1.165, 1.54) is 12.3 Å². The number of halogens is 2. The van der Waals surface area contributed by atoms with E-state index in [9.17, 15) is 10.1 Å². The molecule has 0 saturated carbocycles. The summed E-state index contributed by atoms with van der Waals surface area (Å²) >= 11 is 12.3. The fourth-order valence-electron chi connectivity index (χ4n) is 2.51. The number of hydrogen-bond acceptors (Lipinski definition) is 4. The zero-order chi connectivity index (χ0) is 20.6. The number of hydrogen-bond donors (Lipinski definition) is 1. The van der Waals surface area contributed by atoms with Gasteiger partial charge in [-0.2, -0.15) is 5.26 Å². The Morgan fingerprint density at radius 3 is 2.72 bits per heavy atom. The van der Waals surface area contributed by atoms with Crippen LogP contribution < -0.4 is 10.1 Å². The van der Waals surface area contributed by atoms with Gasteiger partial charge in [0.25, 0.3) is 5.91 Å². The van der Waals surface area contributed by atoms with Gasteiger partial charge in [0.05, 0.1) is 12.8 Å². The fourth-order valence-corrected chi connectivity index (χ4v) is 2.89. The molecule has 0 aliphatic rings. The maximum Gasteiger partial charge on any atom is 0.262 e. The summed E-state index contributed by atoms with van der Waals surface area (Å²) in [5, 5.41) is 13.1. The summed E-state index contributed by atoms with van der Waals surface area (Å²) in [6.45, 7) is 0.408. The summed E-state index contributed by atoms with van der Waals surface area (Å²) in [6.07, 6.45) is 2.95. The monoisotopic (exact) mass is 426 g/mol. The molecular formula is C22H16Cl2N2O3. The number of carbonyl (C=O) groups excluding carboxylic acids is 1. The third-order valence-electron chi connectivity index (χ3n) is 3.98. The number of rotatable bonds is 7. The minimum Gasteiger partial charge on any atom is -0.488 e. The predicted octanol–water partition coefficient (Wildman–Crippen LogP) is 5.39. The van der Waals surface area contributed by atoms with Crippen molar-refractivity contribution >= 4 is 35.2 Å². The Morgan fingerprint density at radius 2 is 2.00 bits per heavy atom. The smallest absolute Gasteiger partial charge is 0.262 e. The summed E-state index contributed by atoms with van der Waals surface area (Å²) in [5.41, 5.74) is 1.24. The summed E-state index contributed by atoms with van der Waals surface area (Å²) < 4.78 is 11.0. The first-order valence-electron chi connectivity index (χ1n) is 8.65. The second kappa shape index (κ2) is 9.83. The van der Waals surface area contributed by atoms with Crippen LogP contribution in [0.25, 0.3) is 6.08 Å². The molecule has 5 nitrogen and oxygen atoms in total. The van der Waals surface area contributed by atoms with Gasteiger partial charge in [-0.15, -0.1) is 0 Å². The van der Waals surface area contributed by atoms with Gasteiger partial charge in [0.2, 0.25) is 0 Å². The predicted molar refractivity (Wildman–Crippen MR) is 111 cm³/mol. The molecular weight excluding hydrogens is 411 g/mol. The summed E-state index contributed by atoms with van der Waals surface area (Å²) in [7, 11) is 0. The van der Waals surface area contributed by atoms with Gasteiger partial charge in [0.15, 0.2) is 0 Å². The van der Waals surface area contributed by atoms with Crippen molar-refractivity contribution in [2.24, 2.45) is 0 Å². The number of nitrogens with zero attached hydrogens (tertiary/aromatic N) is 1. The molecule has 146 valence electrons.